The summed E-state index contributed by atoms with van der Waals surface area (Å²) in [5.41, 5.74) is 6.72. The minimum atomic E-state index is 0.188. The zero-order chi connectivity index (χ0) is 16.1. The van der Waals surface area contributed by atoms with Gasteiger partial charge in [0.15, 0.2) is 0 Å². The van der Waals surface area contributed by atoms with Gasteiger partial charge in [-0.25, -0.2) is 0 Å². The average Bonchev–Trinajstić information content (AvgIpc) is 2.93. The number of rotatable bonds is 6. The van der Waals surface area contributed by atoms with E-state index < -0.39 is 0 Å². The molecule has 1 aromatic rings. The highest BCUT2D eigenvalue weighted by Gasteiger charge is 2.31. The lowest BCUT2D eigenvalue weighted by Gasteiger charge is -2.21. The van der Waals surface area contributed by atoms with Gasteiger partial charge < -0.3 is 20.1 Å². The van der Waals surface area contributed by atoms with Gasteiger partial charge in [0.1, 0.15) is 11.5 Å². The van der Waals surface area contributed by atoms with Crippen LogP contribution in [-0.2, 0) is 11.2 Å². The second kappa shape index (κ2) is 7.49. The predicted molar refractivity (Wildman–Crippen MR) is 86.2 cm³/mol. The molecule has 0 bridgehead atoms. The summed E-state index contributed by atoms with van der Waals surface area (Å²) >= 11 is 0. The Bertz CT molecular complexity index is 519. The normalized spacial score (nSPS) is 21.0. The molecule has 1 aromatic carbocycles. The summed E-state index contributed by atoms with van der Waals surface area (Å²) in [4.78, 5) is 14.4. The number of amides is 1. The minimum absolute atomic E-state index is 0.188. The molecule has 2 atom stereocenters. The molecule has 1 amide bonds. The topological polar surface area (TPSA) is 64.8 Å². The highest BCUT2D eigenvalue weighted by atomic mass is 16.5. The van der Waals surface area contributed by atoms with Crippen molar-refractivity contribution in [3.8, 4) is 11.5 Å². The van der Waals surface area contributed by atoms with Crippen LogP contribution in [0.1, 0.15) is 25.3 Å². The maximum Gasteiger partial charge on any atom is 0.223 e. The van der Waals surface area contributed by atoms with Crippen LogP contribution >= 0.6 is 0 Å². The first kappa shape index (κ1) is 16.6. The molecule has 122 valence electrons. The molecular formula is C17H26N2O3. The van der Waals surface area contributed by atoms with Crippen molar-refractivity contribution in [1.82, 2.24) is 4.90 Å². The van der Waals surface area contributed by atoms with Crippen LogP contribution in [0.4, 0.5) is 0 Å². The van der Waals surface area contributed by atoms with Crippen molar-refractivity contribution in [2.24, 2.45) is 11.7 Å². The zero-order valence-electron chi connectivity index (χ0n) is 13.7. The molecular weight excluding hydrogens is 280 g/mol. The molecule has 5 nitrogen and oxygen atoms in total. The van der Waals surface area contributed by atoms with Gasteiger partial charge in [-0.3, -0.25) is 4.79 Å². The molecule has 1 heterocycles. The standard InChI is InChI=1S/C17H26N2O3/c1-12-8-13(10-18)11-19(12)17(20)7-4-14-9-15(21-2)5-6-16(14)22-3/h5-6,9,12-13H,4,7-8,10-11,18H2,1-3H3. The number of carbonyl (C=O) groups is 1. The van der Waals surface area contributed by atoms with E-state index in [9.17, 15) is 4.79 Å². The number of ether oxygens (including phenoxy) is 2. The van der Waals surface area contributed by atoms with E-state index in [2.05, 4.69) is 6.92 Å². The van der Waals surface area contributed by atoms with Gasteiger partial charge >= 0.3 is 0 Å². The van der Waals surface area contributed by atoms with E-state index in [-0.39, 0.29) is 11.9 Å². The largest absolute Gasteiger partial charge is 0.497 e. The Balaban J connectivity index is 1.99. The van der Waals surface area contributed by atoms with Gasteiger partial charge in [0, 0.05) is 19.0 Å². The number of nitrogens with two attached hydrogens (primary N) is 1. The van der Waals surface area contributed by atoms with Crippen molar-refractivity contribution < 1.29 is 14.3 Å². The molecule has 1 aliphatic heterocycles. The Morgan fingerprint density at radius 3 is 2.73 bits per heavy atom. The lowest BCUT2D eigenvalue weighted by atomic mass is 10.1. The van der Waals surface area contributed by atoms with E-state index in [1.165, 1.54) is 0 Å². The fraction of sp³-hybridized carbons (Fsp3) is 0.588. The third kappa shape index (κ3) is 3.71. The van der Waals surface area contributed by atoms with Crippen LogP contribution in [0.2, 0.25) is 0 Å². The Kier molecular flexibility index (Phi) is 5.66. The molecule has 2 rings (SSSR count). The van der Waals surface area contributed by atoms with Crippen LogP contribution in [0.25, 0.3) is 0 Å². The van der Waals surface area contributed by atoms with Crippen molar-refractivity contribution in [3.05, 3.63) is 23.8 Å². The Hall–Kier alpha value is -1.75. The van der Waals surface area contributed by atoms with Gasteiger partial charge in [-0.2, -0.15) is 0 Å². The first-order valence-corrected chi connectivity index (χ1v) is 7.79. The first-order chi connectivity index (χ1) is 10.6. The first-order valence-electron chi connectivity index (χ1n) is 7.79. The van der Waals surface area contributed by atoms with Crippen molar-refractivity contribution in [1.29, 1.82) is 0 Å². The zero-order valence-corrected chi connectivity index (χ0v) is 13.7. The number of carbonyl (C=O) groups excluding carboxylic acids is 1. The summed E-state index contributed by atoms with van der Waals surface area (Å²) < 4.78 is 10.6. The second-order valence-corrected chi connectivity index (χ2v) is 5.91. The van der Waals surface area contributed by atoms with Gasteiger partial charge in [-0.1, -0.05) is 0 Å². The molecule has 22 heavy (non-hydrogen) atoms. The molecule has 1 saturated heterocycles. The number of aryl methyl sites for hydroxylation is 1. The molecule has 5 heteroatoms. The van der Waals surface area contributed by atoms with E-state index in [0.29, 0.717) is 25.3 Å². The third-order valence-corrected chi connectivity index (χ3v) is 4.41. The number of methoxy groups -OCH3 is 2. The molecule has 2 N–H and O–H groups in total. The van der Waals surface area contributed by atoms with Gasteiger partial charge in [0.25, 0.3) is 0 Å². The molecule has 2 unspecified atom stereocenters. The molecule has 0 spiro atoms. The SMILES string of the molecule is COc1ccc(OC)c(CCC(=O)N2CC(CN)CC2C)c1. The van der Waals surface area contributed by atoms with E-state index in [1.54, 1.807) is 14.2 Å². The number of likely N-dealkylation sites (tertiary alicyclic amines) is 1. The molecule has 1 aliphatic rings. The summed E-state index contributed by atoms with van der Waals surface area (Å²) in [5, 5.41) is 0. The van der Waals surface area contributed by atoms with E-state index in [1.807, 2.05) is 23.1 Å². The van der Waals surface area contributed by atoms with Crippen LogP contribution in [-0.4, -0.2) is 44.2 Å². The predicted octanol–water partition coefficient (Wildman–Crippen LogP) is 1.83. The Labute approximate surface area is 132 Å². The Morgan fingerprint density at radius 1 is 1.36 bits per heavy atom. The molecule has 0 aromatic heterocycles. The maximum absolute atomic E-state index is 12.5. The van der Waals surface area contributed by atoms with E-state index >= 15 is 0 Å². The minimum Gasteiger partial charge on any atom is -0.497 e. The summed E-state index contributed by atoms with van der Waals surface area (Å²) in [6, 6.07) is 5.95. The summed E-state index contributed by atoms with van der Waals surface area (Å²) in [5.74, 6) is 2.20. The highest BCUT2D eigenvalue weighted by molar-refractivity contribution is 5.77. The molecule has 0 radical (unpaired) electrons. The van der Waals surface area contributed by atoms with Gasteiger partial charge in [0.05, 0.1) is 14.2 Å². The quantitative estimate of drug-likeness (QED) is 0.871. The van der Waals surface area contributed by atoms with Crippen LogP contribution in [0, 0.1) is 5.92 Å². The Morgan fingerprint density at radius 2 is 2.14 bits per heavy atom. The molecule has 1 fully saturated rings. The van der Waals surface area contributed by atoms with Crippen molar-refractivity contribution >= 4 is 5.91 Å². The molecule has 0 aliphatic carbocycles. The number of hydrogen-bond acceptors (Lipinski definition) is 4. The maximum atomic E-state index is 12.5. The van der Waals surface area contributed by atoms with Crippen LogP contribution in [0.15, 0.2) is 18.2 Å². The van der Waals surface area contributed by atoms with Crippen LogP contribution < -0.4 is 15.2 Å². The fourth-order valence-corrected chi connectivity index (χ4v) is 3.12. The summed E-state index contributed by atoms with van der Waals surface area (Å²) in [6.07, 6.45) is 2.13. The van der Waals surface area contributed by atoms with Crippen molar-refractivity contribution in [3.63, 3.8) is 0 Å². The monoisotopic (exact) mass is 306 g/mol. The third-order valence-electron chi connectivity index (χ3n) is 4.41. The lowest BCUT2D eigenvalue weighted by molar-refractivity contribution is -0.131. The summed E-state index contributed by atoms with van der Waals surface area (Å²) in [6.45, 7) is 3.53. The highest BCUT2D eigenvalue weighted by Crippen LogP contribution is 2.27. The van der Waals surface area contributed by atoms with E-state index in [0.717, 1.165) is 30.0 Å². The number of hydrogen-bond donors (Lipinski definition) is 1. The second-order valence-electron chi connectivity index (χ2n) is 5.91. The lowest BCUT2D eigenvalue weighted by Crippen LogP contribution is -2.34. The molecule has 0 saturated carbocycles. The van der Waals surface area contributed by atoms with Gasteiger partial charge in [-0.15, -0.1) is 0 Å². The van der Waals surface area contributed by atoms with E-state index in [4.69, 9.17) is 15.2 Å². The van der Waals surface area contributed by atoms with Crippen molar-refractivity contribution in [2.75, 3.05) is 27.3 Å². The van der Waals surface area contributed by atoms with Gasteiger partial charge in [0.2, 0.25) is 5.91 Å². The number of nitrogens with zero attached hydrogens (tertiary/aromatic N) is 1. The van der Waals surface area contributed by atoms with Gasteiger partial charge in [-0.05, 0) is 56.0 Å². The smallest absolute Gasteiger partial charge is 0.223 e. The number of benzene rings is 1. The summed E-state index contributed by atoms with van der Waals surface area (Å²) in [7, 11) is 3.27. The van der Waals surface area contributed by atoms with Crippen LogP contribution in [0.3, 0.4) is 0 Å². The average molecular weight is 306 g/mol. The fourth-order valence-electron chi connectivity index (χ4n) is 3.12. The van der Waals surface area contributed by atoms with Crippen molar-refractivity contribution in [2.45, 2.75) is 32.2 Å². The van der Waals surface area contributed by atoms with Crippen LogP contribution in [0.5, 0.6) is 11.5 Å².